The Bertz CT molecular complexity index is 387. The molecule has 1 aromatic rings. The maximum atomic E-state index is 6.15. The van der Waals surface area contributed by atoms with Crippen molar-refractivity contribution in [2.75, 3.05) is 26.2 Å². The molecule has 0 radical (unpaired) electrons. The lowest BCUT2D eigenvalue weighted by atomic mass is 10.2. The van der Waals surface area contributed by atoms with Crippen molar-refractivity contribution in [3.8, 4) is 0 Å². The minimum atomic E-state index is 0.134. The second-order valence-corrected chi connectivity index (χ2v) is 5.04. The Balaban J connectivity index is 2.00. The lowest BCUT2D eigenvalue weighted by molar-refractivity contribution is -0.0260. The van der Waals surface area contributed by atoms with Gasteiger partial charge in [0.05, 0.1) is 12.7 Å². The van der Waals surface area contributed by atoms with Crippen LogP contribution in [0.1, 0.15) is 5.56 Å². The maximum Gasteiger partial charge on any atom is 0.0824 e. The van der Waals surface area contributed by atoms with E-state index in [1.54, 1.807) is 6.07 Å². The van der Waals surface area contributed by atoms with Gasteiger partial charge in [-0.1, -0.05) is 29.3 Å². The topological polar surface area (TPSA) is 38.5 Å². The molecular weight excluding hydrogens is 259 g/mol. The molecule has 0 amide bonds. The van der Waals surface area contributed by atoms with Crippen LogP contribution in [0, 0.1) is 0 Å². The first-order valence-corrected chi connectivity index (χ1v) is 6.42. The van der Waals surface area contributed by atoms with Crippen LogP contribution in [-0.2, 0) is 11.3 Å². The van der Waals surface area contributed by atoms with Crippen LogP contribution in [-0.4, -0.2) is 37.2 Å². The third-order valence-electron chi connectivity index (χ3n) is 2.89. The summed E-state index contributed by atoms with van der Waals surface area (Å²) in [7, 11) is 0. The van der Waals surface area contributed by atoms with E-state index in [0.29, 0.717) is 16.6 Å². The molecule has 0 aliphatic carbocycles. The highest BCUT2D eigenvalue weighted by atomic mass is 35.5. The van der Waals surface area contributed by atoms with E-state index in [4.69, 9.17) is 33.7 Å². The number of hydrogen-bond acceptors (Lipinski definition) is 3. The first kappa shape index (κ1) is 13.1. The van der Waals surface area contributed by atoms with Crippen molar-refractivity contribution in [2.24, 2.45) is 5.73 Å². The molecule has 1 aliphatic rings. The van der Waals surface area contributed by atoms with Crippen LogP contribution in [0.3, 0.4) is 0 Å². The smallest absolute Gasteiger partial charge is 0.0824 e. The quantitative estimate of drug-likeness (QED) is 0.918. The van der Waals surface area contributed by atoms with Crippen molar-refractivity contribution >= 4 is 23.2 Å². The Hall–Kier alpha value is -0.320. The van der Waals surface area contributed by atoms with Crippen LogP contribution in [0.5, 0.6) is 0 Å². The molecule has 1 saturated heterocycles. The van der Waals surface area contributed by atoms with Crippen molar-refractivity contribution in [2.45, 2.75) is 12.6 Å². The average Bonchev–Trinajstić information content (AvgIpc) is 2.33. The van der Waals surface area contributed by atoms with Gasteiger partial charge in [0.2, 0.25) is 0 Å². The fourth-order valence-corrected chi connectivity index (χ4v) is 2.43. The summed E-state index contributed by atoms with van der Waals surface area (Å²) in [6.07, 6.45) is 0.134. The molecule has 0 bridgehead atoms. The number of nitrogens with two attached hydrogens (primary N) is 1. The SMILES string of the molecule is NCC1CN(Cc2ccc(Cl)cc2Cl)CCO1. The maximum absolute atomic E-state index is 6.15. The Morgan fingerprint density at radius 2 is 2.24 bits per heavy atom. The van der Waals surface area contributed by atoms with Gasteiger partial charge in [0, 0.05) is 36.2 Å². The van der Waals surface area contributed by atoms with E-state index in [1.165, 1.54) is 0 Å². The Morgan fingerprint density at radius 1 is 1.41 bits per heavy atom. The number of hydrogen-bond donors (Lipinski definition) is 1. The van der Waals surface area contributed by atoms with Crippen LogP contribution in [0.4, 0.5) is 0 Å². The molecule has 1 heterocycles. The summed E-state index contributed by atoms with van der Waals surface area (Å²) in [6, 6.07) is 5.61. The summed E-state index contributed by atoms with van der Waals surface area (Å²) in [5.74, 6) is 0. The van der Waals surface area contributed by atoms with Crippen molar-refractivity contribution in [3.05, 3.63) is 33.8 Å². The normalized spacial score (nSPS) is 21.7. The van der Waals surface area contributed by atoms with Gasteiger partial charge in [-0.05, 0) is 17.7 Å². The van der Waals surface area contributed by atoms with E-state index in [-0.39, 0.29) is 6.10 Å². The molecule has 3 nitrogen and oxygen atoms in total. The van der Waals surface area contributed by atoms with Crippen molar-refractivity contribution in [1.82, 2.24) is 4.90 Å². The second-order valence-electron chi connectivity index (χ2n) is 4.20. The third-order valence-corrected chi connectivity index (χ3v) is 3.48. The molecule has 1 atom stereocenters. The molecule has 0 spiro atoms. The zero-order valence-corrected chi connectivity index (χ0v) is 11.0. The number of benzene rings is 1. The summed E-state index contributed by atoms with van der Waals surface area (Å²) in [5, 5.41) is 1.38. The molecule has 0 saturated carbocycles. The molecule has 5 heteroatoms. The van der Waals surface area contributed by atoms with E-state index in [1.807, 2.05) is 12.1 Å². The summed E-state index contributed by atoms with van der Waals surface area (Å²) < 4.78 is 5.52. The zero-order chi connectivity index (χ0) is 12.3. The van der Waals surface area contributed by atoms with Gasteiger partial charge < -0.3 is 10.5 Å². The molecule has 94 valence electrons. The van der Waals surface area contributed by atoms with Gasteiger partial charge in [-0.25, -0.2) is 0 Å². The van der Waals surface area contributed by atoms with E-state index < -0.39 is 0 Å². The standard InChI is InChI=1S/C12H16Cl2N2O/c13-10-2-1-9(12(14)5-10)7-16-3-4-17-11(6-15)8-16/h1-2,5,11H,3-4,6-8,15H2. The number of nitrogens with zero attached hydrogens (tertiary/aromatic N) is 1. The number of morpholine rings is 1. The molecule has 0 aromatic heterocycles. The van der Waals surface area contributed by atoms with Gasteiger partial charge in [-0.2, -0.15) is 0 Å². The predicted molar refractivity (Wildman–Crippen MR) is 70.5 cm³/mol. The van der Waals surface area contributed by atoms with E-state index >= 15 is 0 Å². The summed E-state index contributed by atoms with van der Waals surface area (Å²) in [5.41, 5.74) is 6.70. The molecule has 1 unspecified atom stereocenters. The fourth-order valence-electron chi connectivity index (χ4n) is 1.96. The first-order valence-electron chi connectivity index (χ1n) is 5.67. The van der Waals surface area contributed by atoms with Gasteiger partial charge in [-0.15, -0.1) is 0 Å². The molecule has 2 N–H and O–H groups in total. The number of rotatable bonds is 3. The van der Waals surface area contributed by atoms with Crippen LogP contribution in [0.25, 0.3) is 0 Å². The first-order chi connectivity index (χ1) is 8.19. The molecule has 17 heavy (non-hydrogen) atoms. The highest BCUT2D eigenvalue weighted by Crippen LogP contribution is 2.22. The lowest BCUT2D eigenvalue weighted by Crippen LogP contribution is -2.45. The Morgan fingerprint density at radius 3 is 2.94 bits per heavy atom. The average molecular weight is 275 g/mol. The summed E-state index contributed by atoms with van der Waals surface area (Å²) in [4.78, 5) is 2.30. The van der Waals surface area contributed by atoms with Crippen molar-refractivity contribution < 1.29 is 4.74 Å². The minimum Gasteiger partial charge on any atom is -0.374 e. The Labute approximate surface area is 111 Å². The highest BCUT2D eigenvalue weighted by Gasteiger charge is 2.19. The zero-order valence-electron chi connectivity index (χ0n) is 9.53. The third kappa shape index (κ3) is 3.57. The van der Waals surface area contributed by atoms with Crippen LogP contribution in [0.2, 0.25) is 10.0 Å². The molecule has 1 aliphatic heterocycles. The van der Waals surface area contributed by atoms with Gasteiger partial charge in [0.25, 0.3) is 0 Å². The van der Waals surface area contributed by atoms with Gasteiger partial charge in [-0.3, -0.25) is 4.90 Å². The summed E-state index contributed by atoms with van der Waals surface area (Å²) >= 11 is 12.0. The van der Waals surface area contributed by atoms with Crippen LogP contribution >= 0.6 is 23.2 Å². The minimum absolute atomic E-state index is 0.134. The van der Waals surface area contributed by atoms with E-state index in [0.717, 1.165) is 31.8 Å². The van der Waals surface area contributed by atoms with E-state index in [2.05, 4.69) is 4.90 Å². The van der Waals surface area contributed by atoms with Crippen LogP contribution in [0.15, 0.2) is 18.2 Å². The van der Waals surface area contributed by atoms with Gasteiger partial charge in [0.1, 0.15) is 0 Å². The number of ether oxygens (including phenoxy) is 1. The van der Waals surface area contributed by atoms with Gasteiger partial charge >= 0.3 is 0 Å². The molecule has 1 fully saturated rings. The lowest BCUT2D eigenvalue weighted by Gasteiger charge is -2.32. The predicted octanol–water partition coefficient (Wildman–Crippen LogP) is 2.15. The fraction of sp³-hybridized carbons (Fsp3) is 0.500. The van der Waals surface area contributed by atoms with Crippen molar-refractivity contribution in [1.29, 1.82) is 0 Å². The highest BCUT2D eigenvalue weighted by molar-refractivity contribution is 6.35. The Kier molecular flexibility index (Phi) is 4.65. The monoisotopic (exact) mass is 274 g/mol. The summed E-state index contributed by atoms with van der Waals surface area (Å²) in [6.45, 7) is 3.87. The van der Waals surface area contributed by atoms with Gasteiger partial charge in [0.15, 0.2) is 0 Å². The van der Waals surface area contributed by atoms with Crippen LogP contribution < -0.4 is 5.73 Å². The molecular formula is C12H16Cl2N2O. The number of halogens is 2. The molecule has 2 rings (SSSR count). The largest absolute Gasteiger partial charge is 0.374 e. The second kappa shape index (κ2) is 6.03. The van der Waals surface area contributed by atoms with E-state index in [9.17, 15) is 0 Å². The van der Waals surface area contributed by atoms with Crippen molar-refractivity contribution in [3.63, 3.8) is 0 Å². The molecule has 1 aromatic carbocycles.